The fraction of sp³-hybridized carbons (Fsp3) is 0.562. The second-order valence-electron chi connectivity index (χ2n) is 25.5. The van der Waals surface area contributed by atoms with Gasteiger partial charge in [-0.3, -0.25) is 18.3 Å². The molecule has 48 heteroatoms. The SMILES string of the molecule is C[C@@H](O)[C@H]1O[C@@H](n2cc(F)c(N)nc2=O)C(N)(C#CCF)[C@H]1O.C[C@@H](O)[C@H]1O[C@@H](n2ccc(N)nc2=O)C(N)(C#CCF)[C@H]1O.C[C@@H](O)[C@H]1O[C@@H](n2cnc(N)nc2=O)C(N)(C#CCF)[C@H]1O.C[C@@H](O)[C@H]1O[C@@H](n2ncc(N)nc2=O)C(N)(C#CCF)[C@H]1O.Cc1cc(N)nc(=O)n1[C@@H]1O[C@H]([C@@H](C)O)[C@H](O)C1(N)C#CCF. The van der Waals surface area contributed by atoms with Crippen molar-refractivity contribution in [3.05, 3.63) is 101 Å². The lowest BCUT2D eigenvalue weighted by Crippen LogP contribution is -2.56. The predicted molar refractivity (Wildman–Crippen MR) is 376 cm³/mol. The highest BCUT2D eigenvalue weighted by Crippen LogP contribution is 2.42. The van der Waals surface area contributed by atoms with E-state index in [0.29, 0.717) is 16.5 Å². The van der Waals surface area contributed by atoms with Gasteiger partial charge in [0.05, 0.1) is 42.9 Å². The molecule has 5 aromatic rings. The average molecular weight is 1600 g/mol. The van der Waals surface area contributed by atoms with E-state index in [9.17, 15) is 101 Å². The van der Waals surface area contributed by atoms with Gasteiger partial charge < -0.3 is 132 Å². The third-order valence-corrected chi connectivity index (χ3v) is 17.4. The highest BCUT2D eigenvalue weighted by atomic mass is 19.1. The summed E-state index contributed by atoms with van der Waals surface area (Å²) in [5, 5.41) is 104. The quantitative estimate of drug-likeness (QED) is 0.0456. The van der Waals surface area contributed by atoms with E-state index in [1.165, 1.54) is 52.9 Å². The van der Waals surface area contributed by atoms with Gasteiger partial charge in [-0.25, -0.2) is 55.3 Å². The van der Waals surface area contributed by atoms with Crippen LogP contribution in [0.25, 0.3) is 0 Å². The molecular weight excluding hydrogens is 1510 g/mol. The van der Waals surface area contributed by atoms with E-state index in [4.69, 9.17) is 81.0 Å². The highest BCUT2D eigenvalue weighted by molar-refractivity contribution is 5.35. The van der Waals surface area contributed by atoms with Gasteiger partial charge in [-0.15, -0.1) is 0 Å². The Bertz CT molecular complexity index is 4530. The lowest BCUT2D eigenvalue weighted by atomic mass is 9.90. The molecule has 0 amide bonds. The van der Waals surface area contributed by atoms with Gasteiger partial charge >= 0.3 is 28.4 Å². The Hall–Kier alpha value is -10.2. The number of hydrogen-bond acceptors (Lipinski definition) is 37. The molecule has 0 aliphatic carbocycles. The minimum absolute atomic E-state index is 0.00401. The van der Waals surface area contributed by atoms with Gasteiger partial charge in [-0.1, -0.05) is 59.2 Å². The number of aliphatic hydroxyl groups excluding tert-OH is 10. The first-order valence-electron chi connectivity index (χ1n) is 32.9. The fourth-order valence-corrected chi connectivity index (χ4v) is 11.9. The number of halogens is 6. The van der Waals surface area contributed by atoms with Crippen LogP contribution in [0.5, 0.6) is 0 Å². The zero-order valence-electron chi connectivity index (χ0n) is 60.0. The first kappa shape index (κ1) is 90.7. The van der Waals surface area contributed by atoms with Crippen LogP contribution in [-0.4, -0.2) is 262 Å². The number of nitrogens with zero attached hydrogens (tertiary/aromatic N) is 12. The van der Waals surface area contributed by atoms with Crippen LogP contribution in [0, 0.1) is 71.9 Å². The Morgan fingerprint density at radius 2 is 0.786 bits per heavy atom. The van der Waals surface area contributed by atoms with Gasteiger partial charge in [0.2, 0.25) is 5.95 Å². The zero-order valence-corrected chi connectivity index (χ0v) is 60.0. The van der Waals surface area contributed by atoms with E-state index in [1.807, 2.05) is 5.92 Å². The first-order chi connectivity index (χ1) is 52.4. The van der Waals surface area contributed by atoms with Crippen molar-refractivity contribution < 1.29 is 101 Å². The topological polar surface area (TPSA) is 709 Å². The molecule has 10 rings (SSSR count). The Labute approximate surface area is 629 Å². The van der Waals surface area contributed by atoms with Crippen molar-refractivity contribution in [2.75, 3.05) is 62.0 Å². The number of aromatic nitrogens is 12. The molecule has 0 aromatic carbocycles. The number of nitrogens with two attached hydrogens (primary N) is 10. The predicted octanol–water partition coefficient (Wildman–Crippen LogP) is -10.1. The monoisotopic (exact) mass is 1590 g/mol. The number of hydrogen-bond donors (Lipinski definition) is 20. The van der Waals surface area contributed by atoms with E-state index >= 15 is 0 Å². The van der Waals surface area contributed by atoms with Crippen LogP contribution in [0.4, 0.5) is 55.6 Å². The maximum Gasteiger partial charge on any atom is 0.368 e. The largest absolute Gasteiger partial charge is 0.391 e. The summed E-state index contributed by atoms with van der Waals surface area (Å²) in [5.41, 5.74) is 44.0. The molecule has 112 heavy (non-hydrogen) atoms. The number of aliphatic hydroxyl groups is 10. The summed E-state index contributed by atoms with van der Waals surface area (Å²) in [6.45, 7) is 3.43. The van der Waals surface area contributed by atoms with E-state index in [2.05, 4.69) is 88.3 Å². The minimum Gasteiger partial charge on any atom is -0.391 e. The third-order valence-electron chi connectivity index (χ3n) is 17.4. The zero-order chi connectivity index (χ0) is 84.2. The van der Waals surface area contributed by atoms with Gasteiger partial charge in [-0.05, 0) is 53.7 Å². The van der Waals surface area contributed by atoms with Crippen LogP contribution >= 0.6 is 0 Å². The maximum atomic E-state index is 13.6. The lowest BCUT2D eigenvalue weighted by Gasteiger charge is -2.29. The molecule has 0 radical (unpaired) electrons. The van der Waals surface area contributed by atoms with Crippen LogP contribution in [0.1, 0.15) is 71.5 Å². The number of ether oxygens (including phenoxy) is 5. The lowest BCUT2D eigenvalue weighted by molar-refractivity contribution is -0.0816. The Kier molecular flexibility index (Phi) is 30.3. The molecule has 5 aliphatic heterocycles. The van der Waals surface area contributed by atoms with Gasteiger partial charge in [-0.2, -0.15) is 34.7 Å². The third kappa shape index (κ3) is 19.1. The standard InChI is InChI=1S/C14H19FN4O4.C13H16F2N4O4.C13H17FN4O4.2C12H16FN5O4/c1-7-6-9(16)18-13(22)19(7)12-14(17,4-3-5-15)11(21)10(23-12)8(2)20;1-6(20)8-9(21)13(17,3-2-4-14)11(23-8)19-5-7(15)10(16)18-12(19)22;1-7(19)9-10(20)13(16,4-2-5-14)11(22-9)18-6-3-8(15)17-12(18)21;1-6(19)7-8(20)12(15,3-2-4-13)9(22-7)18-5-16-10(14)17-11(18)21;1-6(19)8-9(20)12(15,3-2-4-13)10(22-8)18-11(21)17-7(14)5-16-18/h6,8,10-12,20-21H,5,17H2,1-2H3,(H2,16,18,22);5-6,8-9,11,20-21H,4,17H2,1H3,(H2,16,18,22);3,6-7,9-11,19-20H,5,16H2,1H3,(H2,15,17,21);5-9,19-20H,4,15H2,1H3,(H2,14,17,21);5-6,8-10,19-20H,4,15H2,1H3,(H2,14,17,21)/t8-,10-,11+,12-,14?;6-,8-,9+,11-,13?;7-,9-,10+,11-,13?;6-,7-,8+,9-,12?;6-,8-,9+,10-,12?/m11111/s1. The maximum absolute atomic E-state index is 13.6. The Balaban J connectivity index is 0.000000218. The van der Waals surface area contributed by atoms with Crippen molar-refractivity contribution >= 4 is 29.2 Å². The summed E-state index contributed by atoms with van der Waals surface area (Å²) in [5.74, 6) is 20.3. The van der Waals surface area contributed by atoms with Crippen molar-refractivity contribution in [2.45, 2.75) is 192 Å². The van der Waals surface area contributed by atoms with Gasteiger partial charge in [0, 0.05) is 11.9 Å². The molecule has 42 nitrogen and oxygen atoms in total. The number of anilines is 5. The van der Waals surface area contributed by atoms with Crippen molar-refractivity contribution in [3.63, 3.8) is 0 Å². The second kappa shape index (κ2) is 37.4. The first-order valence-corrected chi connectivity index (χ1v) is 32.9. The van der Waals surface area contributed by atoms with Gasteiger partial charge in [0.15, 0.2) is 70.5 Å². The van der Waals surface area contributed by atoms with Gasteiger partial charge in [0.25, 0.3) is 0 Å². The highest BCUT2D eigenvalue weighted by Gasteiger charge is 2.61. The average Bonchev–Trinajstić information content (AvgIpc) is 1.65. The van der Waals surface area contributed by atoms with Crippen LogP contribution in [-0.2, 0) is 23.7 Å². The number of rotatable bonds is 10. The number of aryl methyl sites for hydroxylation is 1. The molecule has 612 valence electrons. The molecule has 30 N–H and O–H groups in total. The summed E-state index contributed by atoms with van der Waals surface area (Å²) in [4.78, 5) is 80.8. The molecule has 0 bridgehead atoms. The van der Waals surface area contributed by atoms with Crippen LogP contribution < -0.4 is 85.8 Å². The molecule has 5 aliphatic rings. The molecule has 0 spiro atoms. The number of nitrogen functional groups attached to an aromatic ring is 5. The molecule has 5 aromatic heterocycles. The Morgan fingerprint density at radius 3 is 1.15 bits per heavy atom. The summed E-state index contributed by atoms with van der Waals surface area (Å²) in [7, 11) is 0. The van der Waals surface area contributed by atoms with Crippen LogP contribution in [0.2, 0.25) is 0 Å². The van der Waals surface area contributed by atoms with Crippen LogP contribution in [0.3, 0.4) is 0 Å². The second-order valence-corrected chi connectivity index (χ2v) is 25.5. The molecule has 10 heterocycles. The minimum atomic E-state index is -1.96. The van der Waals surface area contributed by atoms with Crippen molar-refractivity contribution in [1.29, 1.82) is 0 Å². The summed E-state index contributed by atoms with van der Waals surface area (Å²) in [6, 6.07) is 2.77. The van der Waals surface area contributed by atoms with Crippen LogP contribution in [0.15, 0.2) is 61.0 Å². The van der Waals surface area contributed by atoms with Crippen molar-refractivity contribution in [2.24, 2.45) is 28.7 Å². The van der Waals surface area contributed by atoms with E-state index < -0.39 is 224 Å². The van der Waals surface area contributed by atoms with Gasteiger partial charge in [0.1, 0.15) is 118 Å². The molecule has 5 unspecified atom stereocenters. The molecule has 5 saturated heterocycles. The summed E-state index contributed by atoms with van der Waals surface area (Å²) in [6.07, 6.45) is -21.1. The molecule has 25 atom stereocenters. The summed E-state index contributed by atoms with van der Waals surface area (Å²) >= 11 is 0. The molecular formula is C64H84F6N22O20. The van der Waals surface area contributed by atoms with Crippen molar-refractivity contribution in [3.8, 4) is 59.2 Å². The van der Waals surface area contributed by atoms with Crippen molar-refractivity contribution in [1.82, 2.24) is 58.0 Å². The molecule has 5 fully saturated rings. The summed E-state index contributed by atoms with van der Waals surface area (Å²) < 4.78 is 107. The van der Waals surface area contributed by atoms with E-state index in [1.54, 1.807) is 6.92 Å². The molecule has 0 saturated carbocycles. The van der Waals surface area contributed by atoms with E-state index in [-0.39, 0.29) is 23.4 Å². The van der Waals surface area contributed by atoms with E-state index in [0.717, 1.165) is 30.9 Å². The fourth-order valence-electron chi connectivity index (χ4n) is 11.9. The Morgan fingerprint density at radius 1 is 0.455 bits per heavy atom. The number of alkyl halides is 5. The normalized spacial score (nSPS) is 32.0. The smallest absolute Gasteiger partial charge is 0.368 e.